The molecule has 26 heavy (non-hydrogen) atoms. The summed E-state index contributed by atoms with van der Waals surface area (Å²) < 4.78 is 1.87. The molecule has 0 radical (unpaired) electrons. The fourth-order valence-corrected chi connectivity index (χ4v) is 2.96. The zero-order chi connectivity index (χ0) is 17.6. The van der Waals surface area contributed by atoms with Gasteiger partial charge in [0.15, 0.2) is 0 Å². The molecule has 2 amide bonds. The predicted octanol–water partition coefficient (Wildman–Crippen LogP) is 1.52. The molecule has 0 spiro atoms. The summed E-state index contributed by atoms with van der Waals surface area (Å²) in [7, 11) is 1.59. The molecule has 140 valence electrons. The molecule has 1 saturated heterocycles. The second-order valence-corrected chi connectivity index (χ2v) is 6.14. The average molecular weight is 378 g/mol. The number of amides is 2. The van der Waals surface area contributed by atoms with Crippen molar-refractivity contribution in [3.63, 3.8) is 0 Å². The maximum absolute atomic E-state index is 12.3. The van der Waals surface area contributed by atoms with Crippen molar-refractivity contribution in [2.45, 2.75) is 25.4 Å². The van der Waals surface area contributed by atoms with Crippen molar-refractivity contribution in [3.8, 4) is 0 Å². The van der Waals surface area contributed by atoms with Crippen LogP contribution in [0.4, 0.5) is 0 Å². The summed E-state index contributed by atoms with van der Waals surface area (Å²) in [6.45, 7) is 2.27. The van der Waals surface area contributed by atoms with Crippen molar-refractivity contribution < 1.29 is 9.59 Å². The summed E-state index contributed by atoms with van der Waals surface area (Å²) in [5, 5.41) is 13.2. The van der Waals surface area contributed by atoms with Crippen molar-refractivity contribution in [3.05, 3.63) is 53.3 Å². The Labute approximate surface area is 159 Å². The van der Waals surface area contributed by atoms with Crippen molar-refractivity contribution in [1.82, 2.24) is 25.7 Å². The smallest absolute Gasteiger partial charge is 0.272 e. The van der Waals surface area contributed by atoms with Crippen LogP contribution < -0.4 is 16.0 Å². The van der Waals surface area contributed by atoms with Crippen LogP contribution in [0.25, 0.3) is 0 Å². The van der Waals surface area contributed by atoms with Crippen LogP contribution in [0, 0.1) is 0 Å². The van der Waals surface area contributed by atoms with E-state index in [0.29, 0.717) is 23.8 Å². The van der Waals surface area contributed by atoms with Crippen LogP contribution in [0.2, 0.25) is 0 Å². The highest BCUT2D eigenvalue weighted by Crippen LogP contribution is 2.15. The average Bonchev–Trinajstić information content (AvgIpc) is 3.17. The minimum absolute atomic E-state index is 0. The SMILES string of the molecule is CNC(=O)c1cccc(CNC(=O)c2ccn(C3CCCNC3)n2)c1.Cl. The van der Waals surface area contributed by atoms with Gasteiger partial charge in [0.25, 0.3) is 11.8 Å². The molecule has 1 atom stereocenters. The Kier molecular flexibility index (Phi) is 7.17. The molecule has 3 N–H and O–H groups in total. The van der Waals surface area contributed by atoms with Gasteiger partial charge >= 0.3 is 0 Å². The van der Waals surface area contributed by atoms with E-state index in [9.17, 15) is 9.59 Å². The molecule has 8 heteroatoms. The zero-order valence-corrected chi connectivity index (χ0v) is 15.5. The quantitative estimate of drug-likeness (QED) is 0.737. The third-order valence-corrected chi connectivity index (χ3v) is 4.36. The molecule has 1 aromatic heterocycles. The molecule has 1 aliphatic heterocycles. The number of carbonyl (C=O) groups is 2. The monoisotopic (exact) mass is 377 g/mol. The van der Waals surface area contributed by atoms with E-state index in [2.05, 4.69) is 21.0 Å². The maximum Gasteiger partial charge on any atom is 0.272 e. The predicted molar refractivity (Wildman–Crippen MR) is 102 cm³/mol. The molecular formula is C18H24ClN5O2. The van der Waals surface area contributed by atoms with Gasteiger partial charge in [0, 0.05) is 31.9 Å². The molecule has 3 rings (SSSR count). The summed E-state index contributed by atoms with van der Waals surface area (Å²) >= 11 is 0. The third-order valence-electron chi connectivity index (χ3n) is 4.36. The molecule has 0 bridgehead atoms. The number of hydrogen-bond acceptors (Lipinski definition) is 4. The highest BCUT2D eigenvalue weighted by molar-refractivity contribution is 5.94. The first-order chi connectivity index (χ1) is 12.2. The molecule has 0 saturated carbocycles. The minimum Gasteiger partial charge on any atom is -0.355 e. The Balaban J connectivity index is 0.00000243. The lowest BCUT2D eigenvalue weighted by Crippen LogP contribution is -2.32. The zero-order valence-electron chi connectivity index (χ0n) is 14.7. The summed E-state index contributed by atoms with van der Waals surface area (Å²) in [5.41, 5.74) is 1.85. The van der Waals surface area contributed by atoms with Crippen molar-refractivity contribution in [2.24, 2.45) is 0 Å². The number of benzene rings is 1. The number of carbonyl (C=O) groups excluding carboxylic acids is 2. The normalized spacial score (nSPS) is 16.4. The number of halogens is 1. The first kappa shape index (κ1) is 19.9. The summed E-state index contributed by atoms with van der Waals surface area (Å²) in [4.78, 5) is 24.0. The lowest BCUT2D eigenvalue weighted by atomic mass is 10.1. The van der Waals surface area contributed by atoms with E-state index in [4.69, 9.17) is 0 Å². The molecule has 1 aliphatic rings. The van der Waals surface area contributed by atoms with Gasteiger partial charge < -0.3 is 16.0 Å². The topological polar surface area (TPSA) is 88.0 Å². The molecular weight excluding hydrogens is 354 g/mol. The molecule has 0 aliphatic carbocycles. The first-order valence-corrected chi connectivity index (χ1v) is 8.52. The van der Waals surface area contributed by atoms with E-state index in [1.54, 1.807) is 31.3 Å². The Hall–Kier alpha value is -2.38. The fourth-order valence-electron chi connectivity index (χ4n) is 2.96. The van der Waals surface area contributed by atoms with Crippen LogP contribution >= 0.6 is 12.4 Å². The van der Waals surface area contributed by atoms with Gasteiger partial charge in [0.2, 0.25) is 0 Å². The second-order valence-electron chi connectivity index (χ2n) is 6.14. The number of rotatable bonds is 5. The Morgan fingerprint density at radius 2 is 2.15 bits per heavy atom. The van der Waals surface area contributed by atoms with E-state index in [1.165, 1.54) is 0 Å². The Morgan fingerprint density at radius 1 is 1.31 bits per heavy atom. The van der Waals surface area contributed by atoms with Crippen LogP contribution in [0.15, 0.2) is 36.5 Å². The standard InChI is InChI=1S/C18H23N5O2.ClH/c1-19-17(24)14-5-2-4-13(10-14)11-21-18(25)16-7-9-23(22-16)15-6-3-8-20-12-15;/h2,4-5,7,9-10,15,20H,3,6,8,11-12H2,1H3,(H,19,24)(H,21,25);1H. The van der Waals surface area contributed by atoms with Crippen molar-refractivity contribution >= 4 is 24.2 Å². The molecule has 2 aromatic rings. The minimum atomic E-state index is -0.215. The second kappa shape index (κ2) is 9.35. The van der Waals surface area contributed by atoms with Gasteiger partial charge in [-0.25, -0.2) is 0 Å². The van der Waals surface area contributed by atoms with E-state index in [0.717, 1.165) is 31.5 Å². The molecule has 1 aromatic carbocycles. The van der Waals surface area contributed by atoms with Crippen LogP contribution in [-0.4, -0.2) is 41.7 Å². The Bertz CT molecular complexity index is 756. The van der Waals surface area contributed by atoms with Gasteiger partial charge in [-0.2, -0.15) is 5.10 Å². The lowest BCUT2D eigenvalue weighted by molar-refractivity contribution is 0.0943. The molecule has 7 nitrogen and oxygen atoms in total. The maximum atomic E-state index is 12.3. The summed E-state index contributed by atoms with van der Waals surface area (Å²) in [6.07, 6.45) is 4.05. The van der Waals surface area contributed by atoms with Gasteiger partial charge in [0.1, 0.15) is 5.69 Å². The molecule has 1 unspecified atom stereocenters. The molecule has 1 fully saturated rings. The number of hydrogen-bond donors (Lipinski definition) is 3. The van der Waals surface area contributed by atoms with Gasteiger partial charge in [-0.1, -0.05) is 12.1 Å². The van der Waals surface area contributed by atoms with Crippen molar-refractivity contribution in [1.29, 1.82) is 0 Å². The highest BCUT2D eigenvalue weighted by Gasteiger charge is 2.17. The van der Waals surface area contributed by atoms with Gasteiger partial charge in [-0.05, 0) is 43.1 Å². The van der Waals surface area contributed by atoms with Gasteiger partial charge in [-0.15, -0.1) is 12.4 Å². The van der Waals surface area contributed by atoms with Crippen LogP contribution in [0.5, 0.6) is 0 Å². The van der Waals surface area contributed by atoms with Gasteiger partial charge in [-0.3, -0.25) is 14.3 Å². The fraction of sp³-hybridized carbons (Fsp3) is 0.389. The largest absolute Gasteiger partial charge is 0.355 e. The summed E-state index contributed by atoms with van der Waals surface area (Å²) in [5.74, 6) is -0.360. The third kappa shape index (κ3) is 4.83. The van der Waals surface area contributed by atoms with Crippen LogP contribution in [-0.2, 0) is 6.54 Å². The van der Waals surface area contributed by atoms with Crippen molar-refractivity contribution in [2.75, 3.05) is 20.1 Å². The lowest BCUT2D eigenvalue weighted by Gasteiger charge is -2.22. The Morgan fingerprint density at radius 3 is 2.88 bits per heavy atom. The number of piperidine rings is 1. The highest BCUT2D eigenvalue weighted by atomic mass is 35.5. The summed E-state index contributed by atoms with van der Waals surface area (Å²) in [6, 6.07) is 9.23. The first-order valence-electron chi connectivity index (χ1n) is 8.52. The van der Waals surface area contributed by atoms with E-state index < -0.39 is 0 Å². The van der Waals surface area contributed by atoms with E-state index in [-0.39, 0.29) is 24.2 Å². The molecule has 2 heterocycles. The van der Waals surface area contributed by atoms with E-state index >= 15 is 0 Å². The van der Waals surface area contributed by atoms with Gasteiger partial charge in [0.05, 0.1) is 6.04 Å². The van der Waals surface area contributed by atoms with E-state index in [1.807, 2.05) is 16.9 Å². The number of nitrogens with zero attached hydrogens (tertiary/aromatic N) is 2. The van der Waals surface area contributed by atoms with Crippen LogP contribution in [0.1, 0.15) is 45.3 Å². The number of nitrogens with one attached hydrogen (secondary N) is 3. The van der Waals surface area contributed by atoms with Crippen LogP contribution in [0.3, 0.4) is 0 Å². The number of aromatic nitrogens is 2.